The standard InChI is InChI=1S/C23H21ClF3NO2S/c24-19-11-10-14(12-18(19)23(25,26)27)28-22(29)21-17(13-31-15-6-2-1-3-7-15)16-8-4-5-9-20(16)30-21/h4-5,8-12,15H,1-3,6-7,13H2,(H,28,29). The number of rotatable bonds is 5. The highest BCUT2D eigenvalue weighted by molar-refractivity contribution is 7.99. The van der Waals surface area contributed by atoms with Crippen LogP contribution in [0.25, 0.3) is 11.0 Å². The molecular weight excluding hydrogens is 447 g/mol. The summed E-state index contributed by atoms with van der Waals surface area (Å²) in [4.78, 5) is 13.0. The third-order valence-electron chi connectivity index (χ3n) is 5.45. The molecule has 1 heterocycles. The summed E-state index contributed by atoms with van der Waals surface area (Å²) in [6, 6.07) is 10.7. The molecule has 2 aromatic carbocycles. The maximum atomic E-state index is 13.2. The molecule has 8 heteroatoms. The highest BCUT2D eigenvalue weighted by Crippen LogP contribution is 2.37. The van der Waals surface area contributed by atoms with Gasteiger partial charge in [0, 0.05) is 27.6 Å². The van der Waals surface area contributed by atoms with E-state index >= 15 is 0 Å². The van der Waals surface area contributed by atoms with Gasteiger partial charge in [0.1, 0.15) is 5.58 Å². The van der Waals surface area contributed by atoms with Crippen molar-refractivity contribution in [3.8, 4) is 0 Å². The molecule has 1 aliphatic carbocycles. The predicted molar refractivity (Wildman–Crippen MR) is 119 cm³/mol. The van der Waals surface area contributed by atoms with Crippen LogP contribution < -0.4 is 5.32 Å². The fourth-order valence-electron chi connectivity index (χ4n) is 3.87. The van der Waals surface area contributed by atoms with Gasteiger partial charge in [-0.05, 0) is 37.1 Å². The van der Waals surface area contributed by atoms with E-state index in [1.54, 1.807) is 6.07 Å². The number of benzene rings is 2. The largest absolute Gasteiger partial charge is 0.451 e. The van der Waals surface area contributed by atoms with Crippen molar-refractivity contribution in [1.29, 1.82) is 0 Å². The molecule has 1 aliphatic rings. The van der Waals surface area contributed by atoms with Crippen LogP contribution in [0, 0.1) is 0 Å². The number of hydrogen-bond donors (Lipinski definition) is 1. The number of thioether (sulfide) groups is 1. The van der Waals surface area contributed by atoms with E-state index in [2.05, 4.69) is 5.32 Å². The van der Waals surface area contributed by atoms with Crippen molar-refractivity contribution < 1.29 is 22.4 Å². The lowest BCUT2D eigenvalue weighted by atomic mass is 10.0. The van der Waals surface area contributed by atoms with Crippen molar-refractivity contribution in [1.82, 2.24) is 0 Å². The van der Waals surface area contributed by atoms with Gasteiger partial charge < -0.3 is 9.73 Å². The molecule has 164 valence electrons. The second kappa shape index (κ2) is 9.17. The Bertz CT molecular complexity index is 1090. The lowest BCUT2D eigenvalue weighted by Gasteiger charge is -2.20. The molecule has 31 heavy (non-hydrogen) atoms. The normalized spacial score (nSPS) is 15.4. The van der Waals surface area contributed by atoms with Crippen molar-refractivity contribution >= 4 is 45.9 Å². The summed E-state index contributed by atoms with van der Waals surface area (Å²) in [7, 11) is 0. The fraction of sp³-hybridized carbons (Fsp3) is 0.348. The van der Waals surface area contributed by atoms with Gasteiger partial charge in [0.05, 0.1) is 10.6 Å². The van der Waals surface area contributed by atoms with Gasteiger partial charge in [0.25, 0.3) is 5.91 Å². The highest BCUT2D eigenvalue weighted by Gasteiger charge is 2.33. The average Bonchev–Trinajstić information content (AvgIpc) is 3.12. The van der Waals surface area contributed by atoms with E-state index < -0.39 is 22.7 Å². The summed E-state index contributed by atoms with van der Waals surface area (Å²) < 4.78 is 45.3. The Balaban J connectivity index is 1.60. The van der Waals surface area contributed by atoms with Crippen LogP contribution >= 0.6 is 23.4 Å². The summed E-state index contributed by atoms with van der Waals surface area (Å²) in [5, 5.41) is 3.51. The number of carbonyl (C=O) groups excluding carboxylic acids is 1. The quantitative estimate of drug-likeness (QED) is 0.414. The van der Waals surface area contributed by atoms with E-state index in [0.717, 1.165) is 35.9 Å². The van der Waals surface area contributed by atoms with Crippen molar-refractivity contribution in [3.05, 3.63) is 64.4 Å². The molecule has 1 fully saturated rings. The number of fused-ring (bicyclic) bond motifs is 1. The summed E-state index contributed by atoms with van der Waals surface area (Å²) in [5.41, 5.74) is 0.366. The third-order valence-corrected chi connectivity index (χ3v) is 7.18. The van der Waals surface area contributed by atoms with Gasteiger partial charge in [0.15, 0.2) is 5.76 Å². The summed E-state index contributed by atoms with van der Waals surface area (Å²) >= 11 is 7.48. The predicted octanol–water partition coefficient (Wildman–Crippen LogP) is 7.92. The molecule has 0 unspecified atom stereocenters. The molecule has 0 atom stereocenters. The van der Waals surface area contributed by atoms with E-state index in [1.165, 1.54) is 25.3 Å². The first-order valence-corrected chi connectivity index (χ1v) is 11.6. The van der Waals surface area contributed by atoms with Gasteiger partial charge in [-0.1, -0.05) is 49.1 Å². The van der Waals surface area contributed by atoms with Crippen molar-refractivity contribution in [3.63, 3.8) is 0 Å². The van der Waals surface area contributed by atoms with Gasteiger partial charge in [-0.2, -0.15) is 24.9 Å². The minimum Gasteiger partial charge on any atom is -0.451 e. The SMILES string of the molecule is O=C(Nc1ccc(Cl)c(C(F)(F)F)c1)c1oc2ccccc2c1CSC1CCCCC1. The number of hydrogen-bond acceptors (Lipinski definition) is 3. The molecule has 3 nitrogen and oxygen atoms in total. The van der Waals surface area contributed by atoms with Crippen LogP contribution in [-0.4, -0.2) is 11.2 Å². The number of nitrogens with one attached hydrogen (secondary N) is 1. The van der Waals surface area contributed by atoms with Crippen LogP contribution in [-0.2, 0) is 11.9 Å². The zero-order chi connectivity index (χ0) is 22.0. The fourth-order valence-corrected chi connectivity index (χ4v) is 5.45. The topological polar surface area (TPSA) is 42.2 Å². The van der Waals surface area contributed by atoms with Gasteiger partial charge in [0.2, 0.25) is 0 Å². The van der Waals surface area contributed by atoms with Gasteiger partial charge in [-0.15, -0.1) is 0 Å². The van der Waals surface area contributed by atoms with Crippen LogP contribution in [0.2, 0.25) is 5.02 Å². The second-order valence-corrected chi connectivity index (χ2v) is 9.32. The Morgan fingerprint density at radius 1 is 1.13 bits per heavy atom. The van der Waals surface area contributed by atoms with Crippen LogP contribution in [0.3, 0.4) is 0 Å². The molecule has 0 spiro atoms. The minimum atomic E-state index is -4.61. The van der Waals surface area contributed by atoms with E-state index in [-0.39, 0.29) is 11.4 Å². The molecule has 3 aromatic rings. The number of halogens is 4. The first-order valence-electron chi connectivity index (χ1n) is 10.1. The van der Waals surface area contributed by atoms with E-state index in [0.29, 0.717) is 16.6 Å². The Kier molecular flexibility index (Phi) is 6.53. The molecule has 1 saturated carbocycles. The summed E-state index contributed by atoms with van der Waals surface area (Å²) in [6.45, 7) is 0. The monoisotopic (exact) mass is 467 g/mol. The van der Waals surface area contributed by atoms with Crippen LogP contribution in [0.1, 0.15) is 53.8 Å². The summed E-state index contributed by atoms with van der Waals surface area (Å²) in [6.07, 6.45) is 1.41. The number of carbonyl (C=O) groups is 1. The van der Waals surface area contributed by atoms with Crippen LogP contribution in [0.15, 0.2) is 46.9 Å². The number of anilines is 1. The summed E-state index contributed by atoms with van der Waals surface area (Å²) in [5.74, 6) is 0.165. The van der Waals surface area contributed by atoms with Crippen molar-refractivity contribution in [2.75, 3.05) is 5.32 Å². The maximum absolute atomic E-state index is 13.2. The second-order valence-electron chi connectivity index (χ2n) is 7.62. The molecule has 1 N–H and O–H groups in total. The zero-order valence-electron chi connectivity index (χ0n) is 16.6. The first-order chi connectivity index (χ1) is 14.8. The van der Waals surface area contributed by atoms with Crippen LogP contribution in [0.4, 0.5) is 18.9 Å². The molecule has 0 aliphatic heterocycles. The lowest BCUT2D eigenvalue weighted by Crippen LogP contribution is -2.15. The van der Waals surface area contributed by atoms with Gasteiger partial charge in [-0.25, -0.2) is 0 Å². The van der Waals surface area contributed by atoms with E-state index in [4.69, 9.17) is 16.0 Å². The molecule has 0 bridgehead atoms. The molecule has 0 radical (unpaired) electrons. The first kappa shape index (κ1) is 22.1. The van der Waals surface area contributed by atoms with Gasteiger partial charge in [-0.3, -0.25) is 4.79 Å². The number of furan rings is 1. The third kappa shape index (κ3) is 5.04. The molecular formula is C23H21ClF3NO2S. The van der Waals surface area contributed by atoms with Gasteiger partial charge >= 0.3 is 6.18 Å². The van der Waals surface area contributed by atoms with Crippen LogP contribution in [0.5, 0.6) is 0 Å². The molecule has 1 amide bonds. The molecule has 4 rings (SSSR count). The zero-order valence-corrected chi connectivity index (χ0v) is 18.2. The Morgan fingerprint density at radius 2 is 1.87 bits per heavy atom. The average molecular weight is 468 g/mol. The number of amides is 1. The van der Waals surface area contributed by atoms with Crippen molar-refractivity contribution in [2.45, 2.75) is 49.3 Å². The molecule has 0 saturated heterocycles. The Morgan fingerprint density at radius 3 is 2.61 bits per heavy atom. The minimum absolute atomic E-state index is 0.00747. The molecule has 1 aromatic heterocycles. The lowest BCUT2D eigenvalue weighted by molar-refractivity contribution is -0.137. The van der Waals surface area contributed by atoms with E-state index in [1.807, 2.05) is 30.0 Å². The van der Waals surface area contributed by atoms with Crippen molar-refractivity contribution in [2.24, 2.45) is 0 Å². The number of para-hydroxylation sites is 1. The Labute approximate surface area is 187 Å². The maximum Gasteiger partial charge on any atom is 0.417 e. The Hall–Kier alpha value is -2.12. The highest BCUT2D eigenvalue weighted by atomic mass is 35.5. The van der Waals surface area contributed by atoms with E-state index in [9.17, 15) is 18.0 Å². The smallest absolute Gasteiger partial charge is 0.417 e. The number of alkyl halides is 3.